The van der Waals surface area contributed by atoms with Gasteiger partial charge in [0.15, 0.2) is 0 Å². The second-order valence-corrected chi connectivity index (χ2v) is 3.99. The van der Waals surface area contributed by atoms with Gasteiger partial charge in [-0.2, -0.15) is 0 Å². The van der Waals surface area contributed by atoms with E-state index in [0.29, 0.717) is 12.3 Å². The number of allylic oxidation sites excluding steroid dienone is 3. The van der Waals surface area contributed by atoms with Crippen LogP contribution in [0.15, 0.2) is 24.5 Å². The molecular weight excluding hydrogens is 188 g/mol. The zero-order chi connectivity index (χ0) is 10.9. The summed E-state index contributed by atoms with van der Waals surface area (Å²) >= 11 is 0. The molecule has 1 aliphatic heterocycles. The Labute approximate surface area is 92.0 Å². The zero-order valence-electron chi connectivity index (χ0n) is 9.45. The summed E-state index contributed by atoms with van der Waals surface area (Å²) in [5, 5.41) is 0. The van der Waals surface area contributed by atoms with Crippen LogP contribution < -0.4 is 0 Å². The molecule has 0 bridgehead atoms. The minimum atomic E-state index is -0.109. The van der Waals surface area contributed by atoms with Crippen LogP contribution in [0.2, 0.25) is 0 Å². The molecule has 1 aliphatic rings. The summed E-state index contributed by atoms with van der Waals surface area (Å²) in [4.78, 5) is 10.9. The van der Waals surface area contributed by atoms with Crippen LogP contribution in [0.25, 0.3) is 0 Å². The van der Waals surface area contributed by atoms with Crippen LogP contribution >= 0.6 is 0 Å². The molecule has 2 heteroatoms. The fourth-order valence-electron chi connectivity index (χ4n) is 1.62. The van der Waals surface area contributed by atoms with Crippen molar-refractivity contribution in [3.05, 3.63) is 24.5 Å². The fourth-order valence-corrected chi connectivity index (χ4v) is 1.62. The molecule has 1 heterocycles. The lowest BCUT2D eigenvalue weighted by Gasteiger charge is -2.12. The van der Waals surface area contributed by atoms with E-state index in [1.807, 2.05) is 6.08 Å². The number of hydrogen-bond acceptors (Lipinski definition) is 2. The van der Waals surface area contributed by atoms with Crippen molar-refractivity contribution in [1.82, 2.24) is 0 Å². The lowest BCUT2D eigenvalue weighted by Crippen LogP contribution is -2.11. The number of hydrogen-bond donors (Lipinski definition) is 0. The van der Waals surface area contributed by atoms with Gasteiger partial charge in [0.05, 0.1) is 12.7 Å². The van der Waals surface area contributed by atoms with Crippen molar-refractivity contribution in [1.29, 1.82) is 0 Å². The van der Waals surface area contributed by atoms with Crippen LogP contribution in [0.3, 0.4) is 0 Å². The molecule has 0 saturated heterocycles. The molecule has 0 aromatic heterocycles. The number of carbonyl (C=O) groups is 1. The molecule has 0 spiro atoms. The van der Waals surface area contributed by atoms with Gasteiger partial charge < -0.3 is 4.74 Å². The van der Waals surface area contributed by atoms with Gasteiger partial charge in [0, 0.05) is 0 Å². The molecule has 0 aromatic rings. The summed E-state index contributed by atoms with van der Waals surface area (Å²) in [7, 11) is 0. The minimum Gasteiger partial charge on any atom is -0.435 e. The van der Waals surface area contributed by atoms with Gasteiger partial charge >= 0.3 is 5.97 Å². The Kier molecular flexibility index (Phi) is 5.83. The summed E-state index contributed by atoms with van der Waals surface area (Å²) in [6, 6.07) is 0. The molecule has 1 rings (SSSR count). The summed E-state index contributed by atoms with van der Waals surface area (Å²) in [5.74, 6) is 0.232. The quantitative estimate of drug-likeness (QED) is 0.379. The Morgan fingerprint density at radius 2 is 2.33 bits per heavy atom. The molecule has 0 unspecified atom stereocenters. The van der Waals surface area contributed by atoms with Gasteiger partial charge in [-0.25, -0.2) is 0 Å². The lowest BCUT2D eigenvalue weighted by atomic mass is 10.00. The third-order valence-corrected chi connectivity index (χ3v) is 2.56. The molecule has 0 amide bonds. The number of cyclic esters (lactones) is 1. The molecule has 15 heavy (non-hydrogen) atoms. The average Bonchev–Trinajstić information content (AvgIpc) is 2.23. The van der Waals surface area contributed by atoms with Gasteiger partial charge in [0.25, 0.3) is 0 Å². The van der Waals surface area contributed by atoms with Crippen molar-refractivity contribution in [3.63, 3.8) is 0 Å². The zero-order valence-corrected chi connectivity index (χ0v) is 9.45. The number of esters is 1. The van der Waals surface area contributed by atoms with E-state index < -0.39 is 0 Å². The van der Waals surface area contributed by atoms with Crippen LogP contribution in [0.1, 0.15) is 45.4 Å². The van der Waals surface area contributed by atoms with Crippen molar-refractivity contribution in [3.8, 4) is 0 Å². The van der Waals surface area contributed by atoms with Crippen molar-refractivity contribution in [2.75, 3.05) is 0 Å². The third kappa shape index (κ3) is 5.40. The van der Waals surface area contributed by atoms with Crippen molar-refractivity contribution in [2.24, 2.45) is 5.92 Å². The van der Waals surface area contributed by atoms with E-state index in [1.165, 1.54) is 25.5 Å². The van der Waals surface area contributed by atoms with Crippen molar-refractivity contribution >= 4 is 5.97 Å². The monoisotopic (exact) mass is 208 g/mol. The first kappa shape index (κ1) is 12.0. The van der Waals surface area contributed by atoms with E-state index in [9.17, 15) is 4.79 Å². The molecule has 0 saturated carbocycles. The maximum Gasteiger partial charge on any atom is 0.311 e. The maximum atomic E-state index is 10.9. The highest BCUT2D eigenvalue weighted by molar-refractivity contribution is 5.71. The molecule has 0 N–H and O–H groups in total. The minimum absolute atomic E-state index is 0.109. The van der Waals surface area contributed by atoms with Gasteiger partial charge in [0.1, 0.15) is 0 Å². The molecule has 0 aromatic carbocycles. The van der Waals surface area contributed by atoms with Crippen molar-refractivity contribution < 1.29 is 9.53 Å². The Hall–Kier alpha value is -1.05. The van der Waals surface area contributed by atoms with Gasteiger partial charge in [-0.15, -0.1) is 0 Å². The van der Waals surface area contributed by atoms with E-state index in [4.69, 9.17) is 4.74 Å². The van der Waals surface area contributed by atoms with E-state index in [2.05, 4.69) is 19.1 Å². The number of carbonyl (C=O) groups excluding carboxylic acids is 1. The summed E-state index contributed by atoms with van der Waals surface area (Å²) in [6.45, 7) is 2.21. The predicted octanol–water partition coefficient (Wildman–Crippen LogP) is 3.59. The SMILES string of the molecule is CCCCC/C=C/C[C@@H]1C=COC(=O)C1. The molecular formula is C13H20O2. The maximum absolute atomic E-state index is 10.9. The third-order valence-electron chi connectivity index (χ3n) is 2.56. The van der Waals surface area contributed by atoms with Crippen LogP contribution in [-0.4, -0.2) is 5.97 Å². The normalized spacial score (nSPS) is 20.9. The molecule has 0 aliphatic carbocycles. The standard InChI is InChI=1S/C13H20O2/c1-2-3-4-5-6-7-8-12-9-10-15-13(14)11-12/h6-7,9-10,12H,2-5,8,11H2,1H3/b7-6+/t12-/m1/s1. The highest BCUT2D eigenvalue weighted by atomic mass is 16.5. The van der Waals surface area contributed by atoms with E-state index >= 15 is 0 Å². The average molecular weight is 208 g/mol. The number of rotatable bonds is 6. The first-order valence-electron chi connectivity index (χ1n) is 5.84. The van der Waals surface area contributed by atoms with Gasteiger partial charge in [-0.1, -0.05) is 31.9 Å². The molecule has 0 radical (unpaired) electrons. The molecule has 84 valence electrons. The first-order chi connectivity index (χ1) is 7.33. The van der Waals surface area contributed by atoms with Crippen LogP contribution in [0, 0.1) is 5.92 Å². The molecule has 0 fully saturated rings. The van der Waals surface area contributed by atoms with E-state index in [1.54, 1.807) is 0 Å². The Morgan fingerprint density at radius 1 is 1.47 bits per heavy atom. The highest BCUT2D eigenvalue weighted by Crippen LogP contribution is 2.16. The fraction of sp³-hybridized carbons (Fsp3) is 0.615. The Bertz CT molecular complexity index is 241. The van der Waals surface area contributed by atoms with E-state index in [0.717, 1.165) is 12.8 Å². The van der Waals surface area contributed by atoms with Gasteiger partial charge in [-0.05, 0) is 31.3 Å². The number of unbranched alkanes of at least 4 members (excludes halogenated alkanes) is 3. The summed E-state index contributed by atoms with van der Waals surface area (Å²) in [5.41, 5.74) is 0. The summed E-state index contributed by atoms with van der Waals surface area (Å²) < 4.78 is 4.72. The molecule has 1 atom stereocenters. The van der Waals surface area contributed by atoms with Crippen LogP contribution in [0.5, 0.6) is 0 Å². The second kappa shape index (κ2) is 7.27. The van der Waals surface area contributed by atoms with Gasteiger partial charge in [-0.3, -0.25) is 4.79 Å². The largest absolute Gasteiger partial charge is 0.435 e. The van der Waals surface area contributed by atoms with E-state index in [-0.39, 0.29) is 5.97 Å². The Morgan fingerprint density at radius 3 is 3.07 bits per heavy atom. The topological polar surface area (TPSA) is 26.3 Å². The van der Waals surface area contributed by atoms with Crippen molar-refractivity contribution in [2.45, 2.75) is 45.4 Å². The molecule has 2 nitrogen and oxygen atoms in total. The second-order valence-electron chi connectivity index (χ2n) is 3.99. The smallest absolute Gasteiger partial charge is 0.311 e. The van der Waals surface area contributed by atoms with Crippen LogP contribution in [-0.2, 0) is 9.53 Å². The first-order valence-corrected chi connectivity index (χ1v) is 5.84. The summed E-state index contributed by atoms with van der Waals surface area (Å²) in [6.07, 6.45) is 14.4. The lowest BCUT2D eigenvalue weighted by molar-refractivity contribution is -0.139. The van der Waals surface area contributed by atoms with Crippen LogP contribution in [0.4, 0.5) is 0 Å². The van der Waals surface area contributed by atoms with Gasteiger partial charge in [0.2, 0.25) is 0 Å². The highest BCUT2D eigenvalue weighted by Gasteiger charge is 2.14. The Balaban J connectivity index is 2.11. The number of ether oxygens (including phenoxy) is 1. The predicted molar refractivity (Wildman–Crippen MR) is 61.2 cm³/mol.